The molecule has 0 aromatic heterocycles. The Morgan fingerprint density at radius 1 is 1.20 bits per heavy atom. The van der Waals surface area contributed by atoms with Crippen LogP contribution in [0.25, 0.3) is 11.1 Å². The average Bonchev–Trinajstić information content (AvgIpc) is 2.66. The minimum atomic E-state index is -0.241. The molecular weight excluding hydrogens is 253 g/mol. The first-order valence-corrected chi connectivity index (χ1v) is 6.74. The van der Waals surface area contributed by atoms with Gasteiger partial charge in [0.2, 0.25) is 0 Å². The van der Waals surface area contributed by atoms with Gasteiger partial charge in [0.15, 0.2) is 0 Å². The van der Waals surface area contributed by atoms with E-state index in [-0.39, 0.29) is 11.4 Å². The zero-order chi connectivity index (χ0) is 14.5. The van der Waals surface area contributed by atoms with Gasteiger partial charge in [-0.15, -0.1) is 0 Å². The van der Waals surface area contributed by atoms with Crippen LogP contribution < -0.4 is 10.5 Å². The highest BCUT2D eigenvalue weighted by Gasteiger charge is 2.30. The first-order valence-electron chi connectivity index (χ1n) is 6.74. The summed E-state index contributed by atoms with van der Waals surface area (Å²) in [7, 11) is 0. The maximum atomic E-state index is 14.1. The minimum absolute atomic E-state index is 0.189. The lowest BCUT2D eigenvalue weighted by molar-refractivity contribution is 0.138. The number of halogens is 1. The molecule has 1 heterocycles. The smallest absolute Gasteiger partial charge is 0.131 e. The van der Waals surface area contributed by atoms with Crippen LogP contribution in [0.5, 0.6) is 5.75 Å². The molecule has 0 atom stereocenters. The molecule has 0 saturated carbocycles. The standard InChI is InChI=1S/C17H18FNO/c1-10-6-14(18)13(8-15(10)19)11-4-5-16-12(7-11)9-17(2,3)20-16/h4-8H,9,19H2,1-3H3. The molecule has 2 aromatic rings. The van der Waals surface area contributed by atoms with Gasteiger partial charge in [0.1, 0.15) is 17.2 Å². The number of ether oxygens (including phenoxy) is 1. The van der Waals surface area contributed by atoms with Gasteiger partial charge in [-0.1, -0.05) is 6.07 Å². The SMILES string of the molecule is Cc1cc(F)c(-c2ccc3c(c2)CC(C)(C)O3)cc1N. The van der Waals surface area contributed by atoms with Gasteiger partial charge < -0.3 is 10.5 Å². The number of nitrogen functional groups attached to an aromatic ring is 1. The Morgan fingerprint density at radius 3 is 2.70 bits per heavy atom. The second kappa shape index (κ2) is 4.23. The molecule has 0 aliphatic carbocycles. The largest absolute Gasteiger partial charge is 0.487 e. The molecule has 0 fully saturated rings. The highest BCUT2D eigenvalue weighted by molar-refractivity contribution is 5.71. The summed E-state index contributed by atoms with van der Waals surface area (Å²) in [6.07, 6.45) is 0.832. The molecule has 104 valence electrons. The Kier molecular flexibility index (Phi) is 2.75. The molecule has 2 N–H and O–H groups in total. The summed E-state index contributed by atoms with van der Waals surface area (Å²) in [6, 6.07) is 8.98. The van der Waals surface area contributed by atoms with E-state index in [2.05, 4.69) is 13.8 Å². The van der Waals surface area contributed by atoms with Gasteiger partial charge in [0, 0.05) is 17.7 Å². The van der Waals surface area contributed by atoms with Gasteiger partial charge in [-0.2, -0.15) is 0 Å². The quantitative estimate of drug-likeness (QED) is 0.793. The lowest BCUT2D eigenvalue weighted by Crippen LogP contribution is -2.24. The highest BCUT2D eigenvalue weighted by Crippen LogP contribution is 2.38. The Morgan fingerprint density at radius 2 is 1.95 bits per heavy atom. The van der Waals surface area contributed by atoms with Crippen molar-refractivity contribution in [2.45, 2.75) is 32.8 Å². The Hall–Kier alpha value is -2.03. The second-order valence-corrected chi connectivity index (χ2v) is 6.05. The second-order valence-electron chi connectivity index (χ2n) is 6.05. The molecule has 1 aliphatic rings. The van der Waals surface area contributed by atoms with Crippen molar-refractivity contribution in [2.24, 2.45) is 0 Å². The summed E-state index contributed by atoms with van der Waals surface area (Å²) >= 11 is 0. The normalized spacial score (nSPS) is 15.8. The Balaban J connectivity index is 2.08. The fraction of sp³-hybridized carbons (Fsp3) is 0.294. The first-order chi connectivity index (χ1) is 9.35. The van der Waals surface area contributed by atoms with Gasteiger partial charge in [-0.3, -0.25) is 0 Å². The van der Waals surface area contributed by atoms with Crippen molar-refractivity contribution in [3.05, 3.63) is 47.3 Å². The molecule has 1 aliphatic heterocycles. The van der Waals surface area contributed by atoms with E-state index in [4.69, 9.17) is 10.5 Å². The third kappa shape index (κ3) is 2.13. The van der Waals surface area contributed by atoms with E-state index in [1.807, 2.05) is 18.2 Å². The van der Waals surface area contributed by atoms with E-state index in [0.717, 1.165) is 28.9 Å². The molecule has 0 spiro atoms. The lowest BCUT2D eigenvalue weighted by atomic mass is 9.96. The molecular formula is C17H18FNO. The molecule has 3 heteroatoms. The predicted octanol–water partition coefficient (Wildman–Crippen LogP) is 4.10. The van der Waals surface area contributed by atoms with Crippen molar-refractivity contribution in [1.82, 2.24) is 0 Å². The lowest BCUT2D eigenvalue weighted by Gasteiger charge is -2.16. The maximum absolute atomic E-state index is 14.1. The summed E-state index contributed by atoms with van der Waals surface area (Å²) in [4.78, 5) is 0. The molecule has 0 unspecified atom stereocenters. The number of rotatable bonds is 1. The molecule has 0 radical (unpaired) electrons. The molecule has 2 nitrogen and oxygen atoms in total. The van der Waals surface area contributed by atoms with E-state index in [1.165, 1.54) is 6.07 Å². The monoisotopic (exact) mass is 271 g/mol. The number of fused-ring (bicyclic) bond motifs is 1. The summed E-state index contributed by atoms with van der Waals surface area (Å²) in [5.74, 6) is 0.647. The summed E-state index contributed by atoms with van der Waals surface area (Å²) in [5, 5.41) is 0. The summed E-state index contributed by atoms with van der Waals surface area (Å²) in [5.41, 5.74) is 9.57. The highest BCUT2D eigenvalue weighted by atomic mass is 19.1. The Labute approximate surface area is 118 Å². The summed E-state index contributed by atoms with van der Waals surface area (Å²) in [6.45, 7) is 5.91. The van der Waals surface area contributed by atoms with Crippen LogP contribution in [-0.4, -0.2) is 5.60 Å². The van der Waals surface area contributed by atoms with Gasteiger partial charge in [0.25, 0.3) is 0 Å². The van der Waals surface area contributed by atoms with Crippen LogP contribution in [0.4, 0.5) is 10.1 Å². The third-order valence-electron chi connectivity index (χ3n) is 3.73. The van der Waals surface area contributed by atoms with Crippen LogP contribution >= 0.6 is 0 Å². The number of hydrogen-bond acceptors (Lipinski definition) is 2. The van der Waals surface area contributed by atoms with Gasteiger partial charge in [-0.25, -0.2) is 4.39 Å². The number of nitrogens with two attached hydrogens (primary N) is 1. The average molecular weight is 271 g/mol. The van der Waals surface area contributed by atoms with Crippen LogP contribution in [0.3, 0.4) is 0 Å². The van der Waals surface area contributed by atoms with E-state index < -0.39 is 0 Å². The van der Waals surface area contributed by atoms with Crippen LogP contribution in [-0.2, 0) is 6.42 Å². The maximum Gasteiger partial charge on any atom is 0.131 e. The van der Waals surface area contributed by atoms with Crippen molar-refractivity contribution in [3.8, 4) is 16.9 Å². The number of aryl methyl sites for hydroxylation is 1. The van der Waals surface area contributed by atoms with E-state index in [9.17, 15) is 4.39 Å². The van der Waals surface area contributed by atoms with Crippen LogP contribution in [0, 0.1) is 12.7 Å². The van der Waals surface area contributed by atoms with E-state index >= 15 is 0 Å². The predicted molar refractivity (Wildman–Crippen MR) is 79.4 cm³/mol. The fourth-order valence-electron chi connectivity index (χ4n) is 2.69. The van der Waals surface area contributed by atoms with E-state index in [0.29, 0.717) is 11.3 Å². The molecule has 2 aromatic carbocycles. The van der Waals surface area contributed by atoms with Gasteiger partial charge in [-0.05, 0) is 61.7 Å². The number of benzene rings is 2. The van der Waals surface area contributed by atoms with Gasteiger partial charge >= 0.3 is 0 Å². The topological polar surface area (TPSA) is 35.2 Å². The van der Waals surface area contributed by atoms with Crippen molar-refractivity contribution < 1.29 is 9.13 Å². The summed E-state index contributed by atoms with van der Waals surface area (Å²) < 4.78 is 20.0. The Bertz CT molecular complexity index is 692. The molecule has 0 bridgehead atoms. The molecule has 0 amide bonds. The van der Waals surface area contributed by atoms with Crippen LogP contribution in [0.2, 0.25) is 0 Å². The van der Waals surface area contributed by atoms with Crippen molar-refractivity contribution in [2.75, 3.05) is 5.73 Å². The molecule has 3 rings (SSSR count). The van der Waals surface area contributed by atoms with Crippen molar-refractivity contribution in [1.29, 1.82) is 0 Å². The van der Waals surface area contributed by atoms with Gasteiger partial charge in [0.05, 0.1) is 0 Å². The van der Waals surface area contributed by atoms with Crippen LogP contribution in [0.15, 0.2) is 30.3 Å². The fourth-order valence-corrected chi connectivity index (χ4v) is 2.69. The third-order valence-corrected chi connectivity index (χ3v) is 3.73. The zero-order valence-electron chi connectivity index (χ0n) is 12.0. The van der Waals surface area contributed by atoms with E-state index in [1.54, 1.807) is 13.0 Å². The number of anilines is 1. The van der Waals surface area contributed by atoms with Crippen molar-refractivity contribution >= 4 is 5.69 Å². The first kappa shape index (κ1) is 13.0. The molecule has 0 saturated heterocycles. The molecule has 20 heavy (non-hydrogen) atoms. The van der Waals surface area contributed by atoms with Crippen molar-refractivity contribution in [3.63, 3.8) is 0 Å². The minimum Gasteiger partial charge on any atom is -0.487 e. The zero-order valence-corrected chi connectivity index (χ0v) is 12.0. The number of hydrogen-bond donors (Lipinski definition) is 1. The van der Waals surface area contributed by atoms with Crippen LogP contribution in [0.1, 0.15) is 25.0 Å².